The summed E-state index contributed by atoms with van der Waals surface area (Å²) in [5, 5.41) is 4.31. The van der Waals surface area contributed by atoms with Gasteiger partial charge in [-0.25, -0.2) is 4.98 Å². The maximum absolute atomic E-state index is 5.67. The van der Waals surface area contributed by atoms with E-state index in [1.165, 1.54) is 0 Å². The smallest absolute Gasteiger partial charge is 0.147 e. The van der Waals surface area contributed by atoms with Crippen molar-refractivity contribution in [1.82, 2.24) is 14.8 Å². The van der Waals surface area contributed by atoms with Gasteiger partial charge in [-0.3, -0.25) is 4.68 Å². The van der Waals surface area contributed by atoms with E-state index in [2.05, 4.69) is 23.9 Å². The van der Waals surface area contributed by atoms with Gasteiger partial charge in [0.25, 0.3) is 0 Å². The molecule has 4 heteroatoms. The minimum absolute atomic E-state index is 0.187. The van der Waals surface area contributed by atoms with Crippen molar-refractivity contribution in [3.63, 3.8) is 0 Å². The number of nitrogens with zero attached hydrogens (tertiary/aromatic N) is 3. The van der Waals surface area contributed by atoms with Crippen LogP contribution in [0.2, 0.25) is 0 Å². The maximum atomic E-state index is 5.67. The van der Waals surface area contributed by atoms with Crippen molar-refractivity contribution < 1.29 is 0 Å². The molecule has 0 aliphatic heterocycles. The predicted molar refractivity (Wildman–Crippen MR) is 56.9 cm³/mol. The second-order valence-corrected chi connectivity index (χ2v) is 4.55. The molecule has 0 aliphatic carbocycles. The van der Waals surface area contributed by atoms with E-state index in [9.17, 15) is 0 Å². The summed E-state index contributed by atoms with van der Waals surface area (Å²) in [6.45, 7) is 9.85. The fraction of sp³-hybridized carbons (Fsp3) is 0.800. The van der Waals surface area contributed by atoms with Gasteiger partial charge in [-0.2, -0.15) is 5.10 Å². The van der Waals surface area contributed by atoms with Crippen LogP contribution < -0.4 is 5.73 Å². The molecule has 0 aromatic carbocycles. The molecule has 0 radical (unpaired) electrons. The highest BCUT2D eigenvalue weighted by Crippen LogP contribution is 2.19. The average molecular weight is 196 g/mol. The number of aryl methyl sites for hydroxylation is 3. The molecule has 1 heterocycles. The zero-order chi connectivity index (χ0) is 10.8. The highest BCUT2D eigenvalue weighted by Gasteiger charge is 2.16. The van der Waals surface area contributed by atoms with Crippen LogP contribution >= 0.6 is 0 Å². The van der Waals surface area contributed by atoms with Gasteiger partial charge >= 0.3 is 0 Å². The van der Waals surface area contributed by atoms with Gasteiger partial charge in [-0.1, -0.05) is 13.8 Å². The summed E-state index contributed by atoms with van der Waals surface area (Å²) in [5.41, 5.74) is 5.86. The molecule has 1 rings (SSSR count). The maximum Gasteiger partial charge on any atom is 0.147 e. The lowest BCUT2D eigenvalue weighted by Crippen LogP contribution is -2.25. The van der Waals surface area contributed by atoms with Crippen LogP contribution in [0.15, 0.2) is 0 Å². The highest BCUT2D eigenvalue weighted by molar-refractivity contribution is 4.87. The third-order valence-corrected chi connectivity index (χ3v) is 2.52. The van der Waals surface area contributed by atoms with Crippen LogP contribution in [-0.2, 0) is 6.54 Å². The lowest BCUT2D eigenvalue weighted by molar-refractivity contribution is 0.315. The van der Waals surface area contributed by atoms with E-state index in [1.807, 2.05) is 18.5 Å². The second kappa shape index (κ2) is 4.09. The van der Waals surface area contributed by atoms with Gasteiger partial charge in [0.15, 0.2) is 0 Å². The molecule has 0 bridgehead atoms. The van der Waals surface area contributed by atoms with E-state index in [4.69, 9.17) is 5.73 Å². The summed E-state index contributed by atoms with van der Waals surface area (Å²) in [7, 11) is 0. The minimum atomic E-state index is 0.187. The Morgan fingerprint density at radius 1 is 1.36 bits per heavy atom. The predicted octanol–water partition coefficient (Wildman–Crippen LogP) is 1.27. The van der Waals surface area contributed by atoms with Crippen molar-refractivity contribution in [2.45, 2.75) is 40.7 Å². The van der Waals surface area contributed by atoms with Gasteiger partial charge in [-0.05, 0) is 32.2 Å². The summed E-state index contributed by atoms with van der Waals surface area (Å²) in [6, 6.07) is 0. The van der Waals surface area contributed by atoms with E-state index in [0.29, 0.717) is 6.54 Å². The van der Waals surface area contributed by atoms with Gasteiger partial charge in [0.2, 0.25) is 0 Å². The number of hydrogen-bond donors (Lipinski definition) is 1. The molecule has 0 amide bonds. The fourth-order valence-corrected chi connectivity index (χ4v) is 1.28. The first kappa shape index (κ1) is 11.2. The van der Waals surface area contributed by atoms with Crippen LogP contribution in [0.3, 0.4) is 0 Å². The molecule has 0 saturated carbocycles. The molecular weight excluding hydrogens is 176 g/mol. The molecule has 80 valence electrons. The van der Waals surface area contributed by atoms with Crippen LogP contribution in [0.1, 0.15) is 31.9 Å². The third kappa shape index (κ3) is 2.80. The Kier molecular flexibility index (Phi) is 3.26. The fourth-order valence-electron chi connectivity index (χ4n) is 1.28. The van der Waals surface area contributed by atoms with Crippen LogP contribution in [0.4, 0.5) is 0 Å². The Morgan fingerprint density at radius 3 is 2.43 bits per heavy atom. The first-order valence-electron chi connectivity index (χ1n) is 5.03. The summed E-state index contributed by atoms with van der Waals surface area (Å²) in [5.74, 6) is 1.82. The van der Waals surface area contributed by atoms with Crippen molar-refractivity contribution in [1.29, 1.82) is 0 Å². The number of hydrogen-bond acceptors (Lipinski definition) is 3. The van der Waals surface area contributed by atoms with E-state index < -0.39 is 0 Å². The van der Waals surface area contributed by atoms with Gasteiger partial charge in [0.05, 0.1) is 0 Å². The molecule has 14 heavy (non-hydrogen) atoms. The monoisotopic (exact) mass is 196 g/mol. The van der Waals surface area contributed by atoms with Crippen molar-refractivity contribution in [2.75, 3.05) is 6.54 Å². The van der Waals surface area contributed by atoms with Crippen LogP contribution in [0, 0.1) is 19.3 Å². The minimum Gasteiger partial charge on any atom is -0.330 e. The Balaban J connectivity index is 2.58. The van der Waals surface area contributed by atoms with Crippen molar-refractivity contribution in [3.05, 3.63) is 11.6 Å². The number of nitrogens with two attached hydrogens (primary N) is 1. The normalized spacial score (nSPS) is 12.1. The van der Waals surface area contributed by atoms with Gasteiger partial charge < -0.3 is 5.73 Å². The van der Waals surface area contributed by atoms with Gasteiger partial charge in [0, 0.05) is 6.54 Å². The molecule has 2 N–H and O–H groups in total. The molecule has 0 atom stereocenters. The summed E-state index contributed by atoms with van der Waals surface area (Å²) in [4.78, 5) is 4.26. The topological polar surface area (TPSA) is 56.7 Å². The average Bonchev–Trinajstić information content (AvgIpc) is 2.42. The van der Waals surface area contributed by atoms with Crippen LogP contribution in [0.5, 0.6) is 0 Å². The van der Waals surface area contributed by atoms with Crippen LogP contribution in [0.25, 0.3) is 0 Å². The molecule has 0 aliphatic rings. The first-order valence-corrected chi connectivity index (χ1v) is 5.03. The molecule has 0 fully saturated rings. The molecule has 4 nitrogen and oxygen atoms in total. The summed E-state index contributed by atoms with van der Waals surface area (Å²) < 4.78 is 1.95. The molecule has 1 aromatic rings. The number of rotatable bonds is 4. The summed E-state index contributed by atoms with van der Waals surface area (Å²) >= 11 is 0. The van der Waals surface area contributed by atoms with Crippen molar-refractivity contribution in [2.24, 2.45) is 11.1 Å². The van der Waals surface area contributed by atoms with Crippen molar-refractivity contribution in [3.8, 4) is 0 Å². The van der Waals surface area contributed by atoms with E-state index >= 15 is 0 Å². The zero-order valence-electron chi connectivity index (χ0n) is 9.54. The second-order valence-electron chi connectivity index (χ2n) is 4.55. The lowest BCUT2D eigenvalue weighted by atomic mass is 9.90. The Morgan fingerprint density at radius 2 is 2.00 bits per heavy atom. The van der Waals surface area contributed by atoms with E-state index in [1.54, 1.807) is 0 Å². The largest absolute Gasteiger partial charge is 0.330 e. The lowest BCUT2D eigenvalue weighted by Gasteiger charge is -2.21. The SMILES string of the molecule is Cc1nc(C)n(CCC(C)(C)CN)n1. The molecular formula is C10H20N4. The third-order valence-electron chi connectivity index (χ3n) is 2.52. The van der Waals surface area contributed by atoms with Gasteiger partial charge in [0.1, 0.15) is 11.6 Å². The highest BCUT2D eigenvalue weighted by atomic mass is 15.3. The molecule has 0 saturated heterocycles. The Labute approximate surface area is 85.5 Å². The number of aromatic nitrogens is 3. The van der Waals surface area contributed by atoms with Gasteiger partial charge in [-0.15, -0.1) is 0 Å². The summed E-state index contributed by atoms with van der Waals surface area (Å²) in [6.07, 6.45) is 1.03. The zero-order valence-corrected chi connectivity index (χ0v) is 9.54. The quantitative estimate of drug-likeness (QED) is 0.789. The molecule has 0 spiro atoms. The Hall–Kier alpha value is -0.900. The van der Waals surface area contributed by atoms with Crippen LogP contribution in [-0.4, -0.2) is 21.3 Å². The van der Waals surface area contributed by atoms with Crippen molar-refractivity contribution >= 4 is 0 Å². The van der Waals surface area contributed by atoms with E-state index in [0.717, 1.165) is 24.6 Å². The Bertz CT molecular complexity index is 301. The van der Waals surface area contributed by atoms with E-state index in [-0.39, 0.29) is 5.41 Å². The molecule has 1 aromatic heterocycles. The first-order chi connectivity index (χ1) is 6.44. The molecule has 0 unspecified atom stereocenters. The standard InChI is InChI=1S/C10H20N4/c1-8-12-9(2)14(13-8)6-5-10(3,4)7-11/h5-7,11H2,1-4H3.